The van der Waals surface area contributed by atoms with E-state index in [0.29, 0.717) is 0 Å². The molecule has 0 saturated heterocycles. The first-order valence-electron chi connectivity index (χ1n) is 9.37. The van der Waals surface area contributed by atoms with E-state index in [1.165, 1.54) is 12.1 Å². The highest BCUT2D eigenvalue weighted by atomic mass is 35.5. The SMILES string of the molecule is CC(C)C(=O)NCc1ccc(Cl)c(-c2nc(-c3ccc(C(F)(F)F)nc3)cc(=O)[nH]2)c1F. The third kappa shape index (κ3) is 5.13. The van der Waals surface area contributed by atoms with Gasteiger partial charge in [-0.2, -0.15) is 13.2 Å². The van der Waals surface area contributed by atoms with Gasteiger partial charge in [0.25, 0.3) is 5.56 Å². The number of alkyl halides is 3. The second-order valence-electron chi connectivity index (χ2n) is 7.18. The van der Waals surface area contributed by atoms with Crippen molar-refractivity contribution in [2.24, 2.45) is 5.92 Å². The van der Waals surface area contributed by atoms with Gasteiger partial charge in [-0.1, -0.05) is 31.5 Å². The number of pyridine rings is 1. The molecule has 1 amide bonds. The van der Waals surface area contributed by atoms with Crippen LogP contribution in [0.5, 0.6) is 0 Å². The molecule has 0 unspecified atom stereocenters. The van der Waals surface area contributed by atoms with Crippen molar-refractivity contribution in [3.8, 4) is 22.6 Å². The van der Waals surface area contributed by atoms with E-state index < -0.39 is 23.2 Å². The van der Waals surface area contributed by atoms with E-state index in [9.17, 15) is 22.8 Å². The third-order valence-electron chi connectivity index (χ3n) is 4.48. The van der Waals surface area contributed by atoms with Crippen molar-refractivity contribution in [2.75, 3.05) is 0 Å². The van der Waals surface area contributed by atoms with Crippen molar-refractivity contribution in [2.45, 2.75) is 26.6 Å². The standard InChI is InChI=1S/C21H17ClF4N4O2/c1-10(2)20(32)28-9-12-3-5-13(22)17(18(12)23)19-29-14(7-16(31)30-19)11-4-6-15(27-8-11)21(24,25)26/h3-8,10H,9H2,1-2H3,(H,28,32)(H,29,30,31). The van der Waals surface area contributed by atoms with Gasteiger partial charge in [0, 0.05) is 35.9 Å². The molecule has 0 saturated carbocycles. The molecule has 2 N–H and O–H groups in total. The quantitative estimate of drug-likeness (QED) is 0.536. The fraction of sp³-hybridized carbons (Fsp3) is 0.238. The zero-order chi connectivity index (χ0) is 23.6. The molecule has 2 heterocycles. The summed E-state index contributed by atoms with van der Waals surface area (Å²) in [6.07, 6.45) is -3.70. The number of aromatic nitrogens is 3. The molecule has 0 aliphatic rings. The van der Waals surface area contributed by atoms with E-state index in [4.69, 9.17) is 11.6 Å². The highest BCUT2D eigenvalue weighted by molar-refractivity contribution is 6.33. The van der Waals surface area contributed by atoms with Crippen LogP contribution in [0.3, 0.4) is 0 Å². The highest BCUT2D eigenvalue weighted by Crippen LogP contribution is 2.32. The maximum atomic E-state index is 15.2. The maximum absolute atomic E-state index is 15.2. The van der Waals surface area contributed by atoms with Gasteiger partial charge in [0.15, 0.2) is 0 Å². The van der Waals surface area contributed by atoms with Crippen molar-refractivity contribution in [3.63, 3.8) is 0 Å². The first-order valence-corrected chi connectivity index (χ1v) is 9.75. The summed E-state index contributed by atoms with van der Waals surface area (Å²) in [6.45, 7) is 3.27. The number of nitrogens with zero attached hydrogens (tertiary/aromatic N) is 2. The molecule has 3 aromatic rings. The van der Waals surface area contributed by atoms with Crippen molar-refractivity contribution in [1.82, 2.24) is 20.3 Å². The molecule has 11 heteroatoms. The van der Waals surface area contributed by atoms with Gasteiger partial charge in [-0.3, -0.25) is 14.6 Å². The Balaban J connectivity index is 2.02. The summed E-state index contributed by atoms with van der Waals surface area (Å²) < 4.78 is 53.4. The number of H-pyrrole nitrogens is 1. The molecule has 168 valence electrons. The largest absolute Gasteiger partial charge is 0.433 e. The van der Waals surface area contributed by atoms with Crippen LogP contribution in [0.25, 0.3) is 22.6 Å². The van der Waals surface area contributed by atoms with E-state index in [1.54, 1.807) is 13.8 Å². The summed E-state index contributed by atoms with van der Waals surface area (Å²) in [7, 11) is 0. The summed E-state index contributed by atoms with van der Waals surface area (Å²) in [5.74, 6) is -1.58. The molecule has 1 aromatic carbocycles. The Bertz CT molecular complexity index is 1210. The number of carbonyl (C=O) groups is 1. The molecule has 0 spiro atoms. The minimum Gasteiger partial charge on any atom is -0.352 e. The topological polar surface area (TPSA) is 87.7 Å². The van der Waals surface area contributed by atoms with E-state index in [-0.39, 0.29) is 51.6 Å². The number of rotatable bonds is 5. The zero-order valence-corrected chi connectivity index (χ0v) is 17.6. The normalized spacial score (nSPS) is 11.6. The lowest BCUT2D eigenvalue weighted by Gasteiger charge is -2.13. The number of benzene rings is 1. The van der Waals surface area contributed by atoms with Gasteiger partial charge in [0.05, 0.1) is 16.3 Å². The molecule has 6 nitrogen and oxygen atoms in total. The number of amides is 1. The Kier molecular flexibility index (Phi) is 6.63. The van der Waals surface area contributed by atoms with Crippen molar-refractivity contribution in [1.29, 1.82) is 0 Å². The van der Waals surface area contributed by atoms with E-state index >= 15 is 4.39 Å². The van der Waals surface area contributed by atoms with Gasteiger partial charge in [0.1, 0.15) is 17.3 Å². The monoisotopic (exact) mass is 468 g/mol. The smallest absolute Gasteiger partial charge is 0.352 e. The van der Waals surface area contributed by atoms with E-state index in [1.807, 2.05) is 0 Å². The van der Waals surface area contributed by atoms with Gasteiger partial charge >= 0.3 is 6.18 Å². The molecule has 0 fully saturated rings. The zero-order valence-electron chi connectivity index (χ0n) is 16.8. The average molecular weight is 469 g/mol. The predicted molar refractivity (Wildman–Crippen MR) is 110 cm³/mol. The van der Waals surface area contributed by atoms with Crippen molar-refractivity contribution < 1.29 is 22.4 Å². The van der Waals surface area contributed by atoms with Gasteiger partial charge in [0.2, 0.25) is 5.91 Å². The molecule has 2 aromatic heterocycles. The van der Waals surface area contributed by atoms with E-state index in [2.05, 4.69) is 20.3 Å². The lowest BCUT2D eigenvalue weighted by Crippen LogP contribution is -2.27. The maximum Gasteiger partial charge on any atom is 0.433 e. The highest BCUT2D eigenvalue weighted by Gasteiger charge is 2.32. The van der Waals surface area contributed by atoms with Gasteiger partial charge < -0.3 is 10.3 Å². The Labute approximate surface area is 184 Å². The summed E-state index contributed by atoms with van der Waals surface area (Å²) in [6, 6.07) is 5.69. The van der Waals surface area contributed by atoms with Gasteiger partial charge in [-0.15, -0.1) is 0 Å². The van der Waals surface area contributed by atoms with Crippen LogP contribution in [-0.4, -0.2) is 20.9 Å². The molecule has 0 bridgehead atoms. The second-order valence-corrected chi connectivity index (χ2v) is 7.58. The van der Waals surface area contributed by atoms with Crippen LogP contribution in [0.4, 0.5) is 17.6 Å². The lowest BCUT2D eigenvalue weighted by molar-refractivity contribution is -0.141. The molecular formula is C21H17ClF4N4O2. The van der Waals surface area contributed by atoms with E-state index in [0.717, 1.165) is 24.4 Å². The van der Waals surface area contributed by atoms with Crippen LogP contribution in [0.1, 0.15) is 25.1 Å². The summed E-state index contributed by atoms with van der Waals surface area (Å²) in [5, 5.41) is 2.54. The second kappa shape index (κ2) is 9.07. The van der Waals surface area contributed by atoms with Gasteiger partial charge in [-0.05, 0) is 18.2 Å². The number of hydrogen-bond acceptors (Lipinski definition) is 4. The number of carbonyl (C=O) groups excluding carboxylic acids is 1. The van der Waals surface area contributed by atoms with Crippen molar-refractivity contribution >= 4 is 17.5 Å². The number of nitrogens with one attached hydrogen (secondary N) is 2. The number of halogens is 5. The van der Waals surface area contributed by atoms with Gasteiger partial charge in [-0.25, -0.2) is 9.37 Å². The van der Waals surface area contributed by atoms with Crippen LogP contribution in [-0.2, 0) is 17.5 Å². The summed E-state index contributed by atoms with van der Waals surface area (Å²) in [5.41, 5.74) is -1.75. The lowest BCUT2D eigenvalue weighted by atomic mass is 10.1. The number of hydrogen-bond donors (Lipinski definition) is 2. The van der Waals surface area contributed by atoms with Crippen LogP contribution in [0, 0.1) is 11.7 Å². The molecule has 0 aliphatic carbocycles. The number of aromatic amines is 1. The molecule has 0 atom stereocenters. The van der Waals surface area contributed by atoms with Crippen LogP contribution >= 0.6 is 11.6 Å². The molecule has 0 aliphatic heterocycles. The van der Waals surface area contributed by atoms with Crippen LogP contribution in [0.15, 0.2) is 41.3 Å². The minimum absolute atomic E-state index is 0.0149. The minimum atomic E-state index is -4.62. The molecule has 3 rings (SSSR count). The predicted octanol–water partition coefficient (Wildman–Crippen LogP) is 4.58. The Morgan fingerprint density at radius 3 is 2.53 bits per heavy atom. The van der Waals surface area contributed by atoms with Crippen molar-refractivity contribution in [3.05, 3.63) is 69.0 Å². The fourth-order valence-electron chi connectivity index (χ4n) is 2.77. The first kappa shape index (κ1) is 23.4. The molecule has 0 radical (unpaired) electrons. The first-order chi connectivity index (χ1) is 15.0. The van der Waals surface area contributed by atoms with Crippen LogP contribution < -0.4 is 10.9 Å². The Hall–Kier alpha value is -3.27. The summed E-state index contributed by atoms with van der Waals surface area (Å²) >= 11 is 6.14. The molecule has 32 heavy (non-hydrogen) atoms. The molecular weight excluding hydrogens is 452 g/mol. The average Bonchev–Trinajstić information content (AvgIpc) is 2.72. The third-order valence-corrected chi connectivity index (χ3v) is 4.79. The Morgan fingerprint density at radius 1 is 1.22 bits per heavy atom. The summed E-state index contributed by atoms with van der Waals surface area (Å²) in [4.78, 5) is 33.8. The Morgan fingerprint density at radius 2 is 1.94 bits per heavy atom. The fourth-order valence-corrected chi connectivity index (χ4v) is 3.01. The van der Waals surface area contributed by atoms with Crippen LogP contribution in [0.2, 0.25) is 5.02 Å².